The van der Waals surface area contributed by atoms with E-state index in [1.807, 2.05) is 0 Å². The van der Waals surface area contributed by atoms with Gasteiger partial charge in [-0.15, -0.1) is 0 Å². The fourth-order valence-electron chi connectivity index (χ4n) is 3.34. The normalized spacial score (nSPS) is 38.5. The van der Waals surface area contributed by atoms with Crippen LogP contribution in [0.2, 0.25) is 0 Å². The minimum absolute atomic E-state index is 0.0619. The van der Waals surface area contributed by atoms with Gasteiger partial charge in [0, 0.05) is 25.7 Å². The Balaban J connectivity index is 1.40. The van der Waals surface area contributed by atoms with Crippen molar-refractivity contribution < 1.29 is 9.47 Å². The molecule has 3 rings (SSSR count). The Hall–Kier alpha value is -0.120. The topological polar surface area (TPSA) is 30.5 Å². The lowest BCUT2D eigenvalue weighted by Gasteiger charge is -2.38. The largest absolute Gasteiger partial charge is 0.378 e. The summed E-state index contributed by atoms with van der Waals surface area (Å²) in [5, 5.41) is 3.74. The van der Waals surface area contributed by atoms with Gasteiger partial charge in [-0.1, -0.05) is 19.3 Å². The quantitative estimate of drug-likeness (QED) is 0.815. The van der Waals surface area contributed by atoms with Gasteiger partial charge in [0.2, 0.25) is 0 Å². The molecule has 98 valence electrons. The van der Waals surface area contributed by atoms with E-state index in [1.54, 1.807) is 0 Å². The summed E-state index contributed by atoms with van der Waals surface area (Å²) < 4.78 is 11.5. The molecular formula is C14H25NO2. The zero-order valence-electron chi connectivity index (χ0n) is 10.7. The molecule has 3 fully saturated rings. The highest BCUT2D eigenvalue weighted by Gasteiger charge is 2.40. The van der Waals surface area contributed by atoms with Crippen LogP contribution in [0.1, 0.15) is 44.9 Å². The summed E-state index contributed by atoms with van der Waals surface area (Å²) in [4.78, 5) is 0. The van der Waals surface area contributed by atoms with E-state index >= 15 is 0 Å². The second-order valence-corrected chi connectivity index (χ2v) is 6.06. The third kappa shape index (κ3) is 2.83. The summed E-state index contributed by atoms with van der Waals surface area (Å²) >= 11 is 0. The molecule has 2 aliphatic heterocycles. The van der Waals surface area contributed by atoms with Crippen molar-refractivity contribution >= 4 is 0 Å². The van der Waals surface area contributed by atoms with Crippen LogP contribution in [0.15, 0.2) is 0 Å². The third-order valence-corrected chi connectivity index (χ3v) is 4.77. The maximum atomic E-state index is 5.95. The van der Waals surface area contributed by atoms with Gasteiger partial charge in [-0.05, 0) is 31.7 Å². The van der Waals surface area contributed by atoms with Crippen LogP contribution in [-0.4, -0.2) is 38.0 Å². The Morgan fingerprint density at radius 3 is 2.82 bits per heavy atom. The van der Waals surface area contributed by atoms with E-state index in [4.69, 9.17) is 9.47 Å². The summed E-state index contributed by atoms with van der Waals surface area (Å²) in [5.74, 6) is 1.02. The van der Waals surface area contributed by atoms with Gasteiger partial charge >= 0.3 is 0 Å². The molecule has 17 heavy (non-hydrogen) atoms. The molecule has 0 aromatic rings. The SMILES string of the molecule is C1CC(CCNC2CCOC3(CCOC3)C2)C1. The van der Waals surface area contributed by atoms with E-state index in [1.165, 1.54) is 38.6 Å². The zero-order valence-corrected chi connectivity index (χ0v) is 10.7. The minimum atomic E-state index is 0.0619. The van der Waals surface area contributed by atoms with Crippen LogP contribution < -0.4 is 5.32 Å². The van der Waals surface area contributed by atoms with Gasteiger partial charge in [-0.2, -0.15) is 0 Å². The van der Waals surface area contributed by atoms with Crippen LogP contribution >= 0.6 is 0 Å². The monoisotopic (exact) mass is 239 g/mol. The molecule has 1 saturated carbocycles. The molecule has 3 heteroatoms. The lowest BCUT2D eigenvalue weighted by Crippen LogP contribution is -2.47. The molecule has 0 radical (unpaired) electrons. The lowest BCUT2D eigenvalue weighted by molar-refractivity contribution is -0.0893. The van der Waals surface area contributed by atoms with Gasteiger partial charge in [0.1, 0.15) is 0 Å². The number of rotatable bonds is 4. The average molecular weight is 239 g/mol. The van der Waals surface area contributed by atoms with Crippen LogP contribution in [0.3, 0.4) is 0 Å². The van der Waals surface area contributed by atoms with Gasteiger partial charge < -0.3 is 14.8 Å². The predicted molar refractivity (Wildman–Crippen MR) is 67.1 cm³/mol. The van der Waals surface area contributed by atoms with Crippen molar-refractivity contribution in [3.8, 4) is 0 Å². The van der Waals surface area contributed by atoms with E-state index in [-0.39, 0.29) is 5.60 Å². The number of nitrogens with one attached hydrogen (secondary N) is 1. The van der Waals surface area contributed by atoms with Crippen molar-refractivity contribution in [2.45, 2.75) is 56.6 Å². The van der Waals surface area contributed by atoms with Gasteiger partial charge in [0.25, 0.3) is 0 Å². The Morgan fingerprint density at radius 2 is 2.12 bits per heavy atom. The second kappa shape index (κ2) is 5.25. The molecule has 3 nitrogen and oxygen atoms in total. The molecular weight excluding hydrogens is 214 g/mol. The molecule has 3 aliphatic rings. The molecule has 0 aromatic carbocycles. The standard InChI is InChI=1S/C14H25NO2/c1-2-12(3-1)4-7-15-13-5-8-17-14(10-13)6-9-16-11-14/h12-13,15H,1-11H2. The van der Waals surface area contributed by atoms with Crippen LogP contribution in [0.25, 0.3) is 0 Å². The summed E-state index contributed by atoms with van der Waals surface area (Å²) in [6.45, 7) is 3.80. The fraction of sp³-hybridized carbons (Fsp3) is 1.00. The van der Waals surface area contributed by atoms with E-state index in [0.717, 1.165) is 38.6 Å². The zero-order chi connectivity index (χ0) is 11.6. The average Bonchev–Trinajstić information content (AvgIpc) is 2.70. The lowest BCUT2D eigenvalue weighted by atomic mass is 9.83. The third-order valence-electron chi connectivity index (χ3n) is 4.77. The highest BCUT2D eigenvalue weighted by Crippen LogP contribution is 2.33. The number of hydrogen-bond donors (Lipinski definition) is 1. The maximum Gasteiger partial charge on any atom is 0.0951 e. The summed E-state index contributed by atoms with van der Waals surface area (Å²) in [5.41, 5.74) is 0.0619. The molecule has 1 spiro atoms. The predicted octanol–water partition coefficient (Wildman–Crippen LogP) is 2.10. The van der Waals surface area contributed by atoms with Gasteiger partial charge in [-0.3, -0.25) is 0 Å². The molecule has 0 bridgehead atoms. The van der Waals surface area contributed by atoms with Crippen molar-refractivity contribution in [3.63, 3.8) is 0 Å². The van der Waals surface area contributed by atoms with Crippen LogP contribution in [-0.2, 0) is 9.47 Å². The van der Waals surface area contributed by atoms with Crippen LogP contribution in [0, 0.1) is 5.92 Å². The number of hydrogen-bond acceptors (Lipinski definition) is 3. The van der Waals surface area contributed by atoms with Crippen molar-refractivity contribution in [1.29, 1.82) is 0 Å². The smallest absolute Gasteiger partial charge is 0.0951 e. The first kappa shape index (κ1) is 11.9. The highest BCUT2D eigenvalue weighted by molar-refractivity contribution is 4.92. The molecule has 1 N–H and O–H groups in total. The van der Waals surface area contributed by atoms with Crippen molar-refractivity contribution in [2.24, 2.45) is 5.92 Å². The van der Waals surface area contributed by atoms with Crippen LogP contribution in [0.4, 0.5) is 0 Å². The maximum absolute atomic E-state index is 5.95. The molecule has 0 amide bonds. The first-order valence-corrected chi connectivity index (χ1v) is 7.31. The van der Waals surface area contributed by atoms with Crippen molar-refractivity contribution in [3.05, 3.63) is 0 Å². The van der Waals surface area contributed by atoms with E-state index in [9.17, 15) is 0 Å². The van der Waals surface area contributed by atoms with E-state index in [0.29, 0.717) is 6.04 Å². The van der Waals surface area contributed by atoms with Gasteiger partial charge in [0.05, 0.1) is 12.2 Å². The first-order valence-electron chi connectivity index (χ1n) is 7.31. The first-order chi connectivity index (χ1) is 8.36. The van der Waals surface area contributed by atoms with E-state index in [2.05, 4.69) is 5.32 Å². The minimum Gasteiger partial charge on any atom is -0.378 e. The molecule has 1 aliphatic carbocycles. The Bertz CT molecular complexity index is 247. The van der Waals surface area contributed by atoms with Gasteiger partial charge in [0.15, 0.2) is 0 Å². The van der Waals surface area contributed by atoms with Crippen LogP contribution in [0.5, 0.6) is 0 Å². The second-order valence-electron chi connectivity index (χ2n) is 6.06. The van der Waals surface area contributed by atoms with Crippen molar-refractivity contribution in [2.75, 3.05) is 26.4 Å². The Kier molecular flexibility index (Phi) is 3.69. The summed E-state index contributed by atoms with van der Waals surface area (Å²) in [6.07, 6.45) is 9.18. The number of ether oxygens (including phenoxy) is 2. The highest BCUT2D eigenvalue weighted by atomic mass is 16.6. The van der Waals surface area contributed by atoms with Gasteiger partial charge in [-0.25, -0.2) is 0 Å². The molecule has 2 unspecified atom stereocenters. The molecule has 2 heterocycles. The molecule has 2 atom stereocenters. The Morgan fingerprint density at radius 1 is 1.18 bits per heavy atom. The molecule has 0 aromatic heterocycles. The molecule has 2 saturated heterocycles. The summed E-state index contributed by atoms with van der Waals surface area (Å²) in [7, 11) is 0. The van der Waals surface area contributed by atoms with E-state index < -0.39 is 0 Å². The van der Waals surface area contributed by atoms with Crippen molar-refractivity contribution in [1.82, 2.24) is 5.32 Å². The Labute approximate surface area is 104 Å². The summed E-state index contributed by atoms with van der Waals surface area (Å²) in [6, 6.07) is 0.658. The fourth-order valence-corrected chi connectivity index (χ4v) is 3.34.